The van der Waals surface area contributed by atoms with Gasteiger partial charge in [0.15, 0.2) is 12.4 Å². The molecule has 1 fully saturated rings. The van der Waals surface area contributed by atoms with Crippen LogP contribution in [0.15, 0.2) is 54.6 Å². The molecule has 0 saturated carbocycles. The molecule has 25 heavy (non-hydrogen) atoms. The van der Waals surface area contributed by atoms with Gasteiger partial charge in [-0.2, -0.15) is 0 Å². The first-order valence-corrected chi connectivity index (χ1v) is 8.05. The first-order chi connectivity index (χ1) is 11.7. The van der Waals surface area contributed by atoms with Gasteiger partial charge in [-0.25, -0.2) is 0 Å². The molecule has 0 aromatic heterocycles. The van der Waals surface area contributed by atoms with Crippen molar-refractivity contribution in [1.82, 2.24) is 10.6 Å². The number of rotatable bonds is 6. The molecule has 0 aliphatic carbocycles. The van der Waals surface area contributed by atoms with Crippen molar-refractivity contribution in [3.05, 3.63) is 65.7 Å². The second-order valence-corrected chi connectivity index (χ2v) is 5.77. The summed E-state index contributed by atoms with van der Waals surface area (Å²) >= 11 is 0. The third-order valence-electron chi connectivity index (χ3n) is 3.95. The molecule has 1 unspecified atom stereocenters. The van der Waals surface area contributed by atoms with Crippen LogP contribution in [0, 0.1) is 0 Å². The Morgan fingerprint density at radius 2 is 1.72 bits per heavy atom. The molecule has 1 saturated heterocycles. The number of ether oxygens (including phenoxy) is 1. The normalized spacial score (nSPS) is 15.9. The SMILES string of the molecule is Cl.O=C(COc1ccc(C(=O)c2ccccc2)cc1)NC1CCNC1. The molecule has 1 amide bonds. The van der Waals surface area contributed by atoms with Crippen molar-refractivity contribution in [3.8, 4) is 5.75 Å². The number of hydrogen-bond donors (Lipinski definition) is 2. The van der Waals surface area contributed by atoms with E-state index in [0.717, 1.165) is 19.5 Å². The lowest BCUT2D eigenvalue weighted by atomic mass is 10.0. The monoisotopic (exact) mass is 360 g/mol. The molecule has 6 heteroatoms. The first kappa shape index (κ1) is 19.0. The number of amides is 1. The second kappa shape index (κ2) is 9.20. The molecule has 3 rings (SSSR count). The number of nitrogens with one attached hydrogen (secondary N) is 2. The van der Waals surface area contributed by atoms with Crippen LogP contribution in [-0.2, 0) is 4.79 Å². The maximum atomic E-state index is 12.3. The zero-order valence-electron chi connectivity index (χ0n) is 13.7. The summed E-state index contributed by atoms with van der Waals surface area (Å²) in [6, 6.07) is 16.2. The predicted octanol–water partition coefficient (Wildman–Crippen LogP) is 2.20. The number of hydrogen-bond acceptors (Lipinski definition) is 4. The Bertz CT molecular complexity index is 698. The molecule has 2 N–H and O–H groups in total. The van der Waals surface area contributed by atoms with Crippen LogP contribution in [0.4, 0.5) is 0 Å². The molecular weight excluding hydrogens is 340 g/mol. The standard InChI is InChI=1S/C19H20N2O3.ClH/c22-18(21-16-10-11-20-12-16)13-24-17-8-6-15(7-9-17)19(23)14-4-2-1-3-5-14;/h1-9,16,20H,10-13H2,(H,21,22);1H. The van der Waals surface area contributed by atoms with Crippen molar-refractivity contribution in [3.63, 3.8) is 0 Å². The van der Waals surface area contributed by atoms with Gasteiger partial charge in [-0.1, -0.05) is 30.3 Å². The van der Waals surface area contributed by atoms with E-state index in [-0.39, 0.29) is 36.7 Å². The van der Waals surface area contributed by atoms with Crippen LogP contribution < -0.4 is 15.4 Å². The van der Waals surface area contributed by atoms with Gasteiger partial charge in [0.1, 0.15) is 5.75 Å². The second-order valence-electron chi connectivity index (χ2n) is 5.77. The zero-order valence-corrected chi connectivity index (χ0v) is 14.6. The highest BCUT2D eigenvalue weighted by molar-refractivity contribution is 6.08. The molecular formula is C19H21ClN2O3. The fraction of sp³-hybridized carbons (Fsp3) is 0.263. The third-order valence-corrected chi connectivity index (χ3v) is 3.95. The largest absolute Gasteiger partial charge is 0.484 e. The number of halogens is 1. The summed E-state index contributed by atoms with van der Waals surface area (Å²) in [5, 5.41) is 6.11. The predicted molar refractivity (Wildman–Crippen MR) is 98.5 cm³/mol. The average molecular weight is 361 g/mol. The molecule has 2 aromatic carbocycles. The van der Waals surface area contributed by atoms with Crippen molar-refractivity contribution in [1.29, 1.82) is 0 Å². The van der Waals surface area contributed by atoms with Crippen molar-refractivity contribution in [2.75, 3.05) is 19.7 Å². The van der Waals surface area contributed by atoms with E-state index in [1.807, 2.05) is 18.2 Å². The Labute approximate surface area is 153 Å². The van der Waals surface area contributed by atoms with Gasteiger partial charge in [-0.3, -0.25) is 9.59 Å². The molecule has 0 bridgehead atoms. The Kier molecular flexibility index (Phi) is 6.98. The lowest BCUT2D eigenvalue weighted by Crippen LogP contribution is -2.39. The van der Waals surface area contributed by atoms with Gasteiger partial charge in [0, 0.05) is 23.7 Å². The molecule has 0 radical (unpaired) electrons. The van der Waals surface area contributed by atoms with Crippen molar-refractivity contribution in [2.45, 2.75) is 12.5 Å². The van der Waals surface area contributed by atoms with E-state index in [2.05, 4.69) is 10.6 Å². The molecule has 1 aliphatic heterocycles. The maximum Gasteiger partial charge on any atom is 0.258 e. The minimum Gasteiger partial charge on any atom is -0.484 e. The van der Waals surface area contributed by atoms with Crippen LogP contribution in [0.3, 0.4) is 0 Å². The van der Waals surface area contributed by atoms with E-state index in [1.54, 1.807) is 36.4 Å². The molecule has 132 valence electrons. The molecule has 0 spiro atoms. The van der Waals surface area contributed by atoms with Gasteiger partial charge in [-0.15, -0.1) is 12.4 Å². The van der Waals surface area contributed by atoms with E-state index in [1.165, 1.54) is 0 Å². The first-order valence-electron chi connectivity index (χ1n) is 8.05. The number of carbonyl (C=O) groups excluding carboxylic acids is 2. The Balaban J connectivity index is 0.00000225. The fourth-order valence-electron chi connectivity index (χ4n) is 2.65. The third kappa shape index (κ3) is 5.31. The molecule has 1 atom stereocenters. The summed E-state index contributed by atoms with van der Waals surface area (Å²) in [5.41, 5.74) is 1.24. The van der Waals surface area contributed by atoms with Crippen LogP contribution in [-0.4, -0.2) is 37.4 Å². The molecule has 1 heterocycles. The zero-order chi connectivity index (χ0) is 16.8. The van der Waals surface area contributed by atoms with E-state index in [0.29, 0.717) is 16.9 Å². The fourth-order valence-corrected chi connectivity index (χ4v) is 2.65. The number of benzene rings is 2. The lowest BCUT2D eigenvalue weighted by Gasteiger charge is -2.12. The minimum absolute atomic E-state index is 0. The van der Waals surface area contributed by atoms with Crippen LogP contribution in [0.2, 0.25) is 0 Å². The highest BCUT2D eigenvalue weighted by Crippen LogP contribution is 2.15. The van der Waals surface area contributed by atoms with E-state index < -0.39 is 0 Å². The van der Waals surface area contributed by atoms with E-state index in [4.69, 9.17) is 4.74 Å². The minimum atomic E-state index is -0.131. The topological polar surface area (TPSA) is 67.4 Å². The number of carbonyl (C=O) groups is 2. The van der Waals surface area contributed by atoms with Gasteiger partial charge < -0.3 is 15.4 Å². The maximum absolute atomic E-state index is 12.3. The Morgan fingerprint density at radius 1 is 1.04 bits per heavy atom. The molecule has 2 aromatic rings. The summed E-state index contributed by atoms with van der Waals surface area (Å²) in [6.45, 7) is 1.72. The van der Waals surface area contributed by atoms with E-state index >= 15 is 0 Å². The Morgan fingerprint density at radius 3 is 2.36 bits per heavy atom. The van der Waals surface area contributed by atoms with Gasteiger partial charge in [-0.05, 0) is 37.2 Å². The summed E-state index contributed by atoms with van der Waals surface area (Å²) in [6.07, 6.45) is 0.946. The van der Waals surface area contributed by atoms with Gasteiger partial charge in [0.05, 0.1) is 0 Å². The van der Waals surface area contributed by atoms with Gasteiger partial charge in [0.25, 0.3) is 5.91 Å². The van der Waals surface area contributed by atoms with Crippen LogP contribution in [0.25, 0.3) is 0 Å². The summed E-state index contributed by atoms with van der Waals surface area (Å²) in [4.78, 5) is 24.1. The van der Waals surface area contributed by atoms with E-state index in [9.17, 15) is 9.59 Å². The summed E-state index contributed by atoms with van der Waals surface area (Å²) in [7, 11) is 0. The molecule has 5 nitrogen and oxygen atoms in total. The van der Waals surface area contributed by atoms with Crippen LogP contribution in [0.5, 0.6) is 5.75 Å². The molecule has 1 aliphatic rings. The van der Waals surface area contributed by atoms with Crippen molar-refractivity contribution < 1.29 is 14.3 Å². The van der Waals surface area contributed by atoms with Gasteiger partial charge >= 0.3 is 0 Å². The lowest BCUT2D eigenvalue weighted by molar-refractivity contribution is -0.123. The smallest absolute Gasteiger partial charge is 0.258 e. The Hall–Kier alpha value is -2.37. The van der Waals surface area contributed by atoms with Gasteiger partial charge in [0.2, 0.25) is 0 Å². The highest BCUT2D eigenvalue weighted by atomic mass is 35.5. The van der Waals surface area contributed by atoms with Crippen molar-refractivity contribution >= 4 is 24.1 Å². The number of ketones is 1. The summed E-state index contributed by atoms with van der Waals surface area (Å²) in [5.74, 6) is 0.404. The van der Waals surface area contributed by atoms with Crippen LogP contribution in [0.1, 0.15) is 22.3 Å². The van der Waals surface area contributed by atoms with Crippen LogP contribution >= 0.6 is 12.4 Å². The van der Waals surface area contributed by atoms with Crippen molar-refractivity contribution in [2.24, 2.45) is 0 Å². The summed E-state index contributed by atoms with van der Waals surface area (Å²) < 4.78 is 5.47. The highest BCUT2D eigenvalue weighted by Gasteiger charge is 2.16. The average Bonchev–Trinajstić information content (AvgIpc) is 3.13. The quantitative estimate of drug-likeness (QED) is 0.775.